The summed E-state index contributed by atoms with van der Waals surface area (Å²) in [5.74, 6) is -0.243. The summed E-state index contributed by atoms with van der Waals surface area (Å²) in [6.07, 6.45) is 0.943. The second-order valence-corrected chi connectivity index (χ2v) is 5.63. The second-order valence-electron chi connectivity index (χ2n) is 4.60. The number of hydrazine groups is 1. The van der Waals surface area contributed by atoms with Crippen LogP contribution in [0.2, 0.25) is 0 Å². The molecule has 0 fully saturated rings. The minimum absolute atomic E-state index is 0.225. The number of nitrogens with zero attached hydrogens (tertiary/aromatic N) is 1. The van der Waals surface area contributed by atoms with Crippen molar-refractivity contribution in [3.63, 3.8) is 0 Å². The van der Waals surface area contributed by atoms with E-state index in [1.807, 2.05) is 23.6 Å². The van der Waals surface area contributed by atoms with Gasteiger partial charge in [-0.05, 0) is 42.1 Å². The summed E-state index contributed by atoms with van der Waals surface area (Å²) < 4.78 is 5.25. The molecule has 0 bridgehead atoms. The zero-order valence-corrected chi connectivity index (χ0v) is 13.1. The molecule has 0 saturated heterocycles. The number of thiophene rings is 1. The van der Waals surface area contributed by atoms with Crippen molar-refractivity contribution in [2.75, 3.05) is 6.61 Å². The minimum atomic E-state index is -0.459. The molecule has 0 atom stereocenters. The van der Waals surface area contributed by atoms with Crippen molar-refractivity contribution in [3.05, 3.63) is 52.2 Å². The van der Waals surface area contributed by atoms with Gasteiger partial charge in [0.2, 0.25) is 5.91 Å². The summed E-state index contributed by atoms with van der Waals surface area (Å²) in [6, 6.07) is 12.3. The maximum absolute atomic E-state index is 11.6. The minimum Gasteiger partial charge on any atom is -0.484 e. The first-order valence-electron chi connectivity index (χ1n) is 6.90. The number of hydrogen-bond donors (Lipinski definition) is 2. The molecule has 0 spiro atoms. The first-order chi connectivity index (χ1) is 11.2. The maximum atomic E-state index is 11.6. The van der Waals surface area contributed by atoms with Gasteiger partial charge in [-0.2, -0.15) is 5.26 Å². The van der Waals surface area contributed by atoms with Crippen LogP contribution in [0, 0.1) is 11.3 Å². The summed E-state index contributed by atoms with van der Waals surface area (Å²) >= 11 is 1.59. The molecular formula is C16H15N3O3S. The van der Waals surface area contributed by atoms with Crippen molar-refractivity contribution in [2.45, 2.75) is 12.8 Å². The van der Waals surface area contributed by atoms with Crippen molar-refractivity contribution in [1.82, 2.24) is 10.9 Å². The Morgan fingerprint density at radius 3 is 2.52 bits per heavy atom. The third kappa shape index (κ3) is 5.80. The zero-order valence-electron chi connectivity index (χ0n) is 12.2. The van der Waals surface area contributed by atoms with Crippen LogP contribution in [-0.2, 0) is 16.0 Å². The molecule has 0 aliphatic carbocycles. The fraction of sp³-hybridized carbons (Fsp3) is 0.188. The fourth-order valence-corrected chi connectivity index (χ4v) is 2.41. The number of rotatable bonds is 6. The Labute approximate surface area is 137 Å². The topological polar surface area (TPSA) is 91.2 Å². The number of nitrogens with one attached hydrogen (secondary N) is 2. The number of nitriles is 1. The lowest BCUT2D eigenvalue weighted by molar-refractivity contribution is -0.130. The lowest BCUT2D eigenvalue weighted by atomic mass is 10.2. The molecule has 2 N–H and O–H groups in total. The van der Waals surface area contributed by atoms with Crippen molar-refractivity contribution in [3.8, 4) is 11.8 Å². The zero-order chi connectivity index (χ0) is 16.5. The van der Waals surface area contributed by atoms with E-state index in [9.17, 15) is 9.59 Å². The Hall–Kier alpha value is -2.85. The SMILES string of the molecule is N#Cc1ccc(OCC(=O)NNC(=O)CCc2cccs2)cc1. The van der Waals surface area contributed by atoms with Gasteiger partial charge in [-0.25, -0.2) is 0 Å². The maximum Gasteiger partial charge on any atom is 0.276 e. The van der Waals surface area contributed by atoms with Gasteiger partial charge in [0, 0.05) is 11.3 Å². The van der Waals surface area contributed by atoms with Gasteiger partial charge in [-0.3, -0.25) is 20.4 Å². The van der Waals surface area contributed by atoms with Gasteiger partial charge < -0.3 is 4.74 Å². The van der Waals surface area contributed by atoms with E-state index in [-0.39, 0.29) is 12.5 Å². The third-order valence-corrected chi connectivity index (χ3v) is 3.81. The van der Waals surface area contributed by atoms with E-state index in [1.165, 1.54) is 0 Å². The first-order valence-corrected chi connectivity index (χ1v) is 7.78. The summed E-state index contributed by atoms with van der Waals surface area (Å²) in [5, 5.41) is 10.6. The Morgan fingerprint density at radius 1 is 1.13 bits per heavy atom. The molecule has 0 unspecified atom stereocenters. The van der Waals surface area contributed by atoms with Crippen molar-refractivity contribution in [2.24, 2.45) is 0 Å². The first kappa shape index (κ1) is 16.5. The van der Waals surface area contributed by atoms with Crippen molar-refractivity contribution >= 4 is 23.2 Å². The van der Waals surface area contributed by atoms with Gasteiger partial charge >= 0.3 is 0 Å². The van der Waals surface area contributed by atoms with Crippen LogP contribution in [0.25, 0.3) is 0 Å². The average Bonchev–Trinajstić information content (AvgIpc) is 3.10. The molecule has 23 heavy (non-hydrogen) atoms. The molecule has 0 radical (unpaired) electrons. The van der Waals surface area contributed by atoms with E-state index in [2.05, 4.69) is 10.9 Å². The molecule has 1 heterocycles. The number of amides is 2. The average molecular weight is 329 g/mol. The molecule has 7 heteroatoms. The summed E-state index contributed by atoms with van der Waals surface area (Å²) in [5.41, 5.74) is 5.15. The molecule has 2 aromatic rings. The van der Waals surface area contributed by atoms with Gasteiger partial charge in [0.25, 0.3) is 5.91 Å². The van der Waals surface area contributed by atoms with Crippen LogP contribution < -0.4 is 15.6 Å². The number of carbonyl (C=O) groups is 2. The summed E-state index contributed by atoms with van der Waals surface area (Å²) in [4.78, 5) is 24.3. The van der Waals surface area contributed by atoms with Crippen LogP contribution in [0.3, 0.4) is 0 Å². The van der Waals surface area contributed by atoms with Gasteiger partial charge in [0.1, 0.15) is 5.75 Å². The highest BCUT2D eigenvalue weighted by molar-refractivity contribution is 7.09. The molecule has 0 aliphatic heterocycles. The summed E-state index contributed by atoms with van der Waals surface area (Å²) in [6.45, 7) is -0.225. The van der Waals surface area contributed by atoms with E-state index in [4.69, 9.17) is 10.00 Å². The molecule has 2 amide bonds. The Morgan fingerprint density at radius 2 is 1.87 bits per heavy atom. The lowest BCUT2D eigenvalue weighted by Crippen LogP contribution is -2.43. The smallest absolute Gasteiger partial charge is 0.276 e. The van der Waals surface area contributed by atoms with E-state index in [0.29, 0.717) is 24.2 Å². The standard InChI is InChI=1S/C16H15N3O3S/c17-10-12-3-5-13(6-4-12)22-11-16(21)19-18-15(20)8-7-14-2-1-9-23-14/h1-6,9H,7-8,11H2,(H,18,20)(H,19,21). The molecular weight excluding hydrogens is 314 g/mol. The molecule has 6 nitrogen and oxygen atoms in total. The largest absolute Gasteiger partial charge is 0.484 e. The molecule has 118 valence electrons. The van der Waals surface area contributed by atoms with Crippen LogP contribution >= 0.6 is 11.3 Å². The van der Waals surface area contributed by atoms with E-state index >= 15 is 0 Å². The van der Waals surface area contributed by atoms with E-state index in [1.54, 1.807) is 35.6 Å². The normalized spacial score (nSPS) is 9.70. The Bertz CT molecular complexity index is 690. The highest BCUT2D eigenvalue weighted by Crippen LogP contribution is 2.11. The highest BCUT2D eigenvalue weighted by Gasteiger charge is 2.06. The quantitative estimate of drug-likeness (QED) is 0.790. The monoisotopic (exact) mass is 329 g/mol. The van der Waals surface area contributed by atoms with Crippen LogP contribution in [-0.4, -0.2) is 18.4 Å². The van der Waals surface area contributed by atoms with E-state index < -0.39 is 5.91 Å². The Kier molecular flexibility index (Phi) is 6.15. The van der Waals surface area contributed by atoms with Crippen LogP contribution in [0.5, 0.6) is 5.75 Å². The number of benzene rings is 1. The number of aryl methyl sites for hydroxylation is 1. The molecule has 1 aromatic heterocycles. The van der Waals surface area contributed by atoms with Crippen molar-refractivity contribution < 1.29 is 14.3 Å². The van der Waals surface area contributed by atoms with Gasteiger partial charge in [0.05, 0.1) is 11.6 Å². The molecule has 0 saturated carbocycles. The summed E-state index contributed by atoms with van der Waals surface area (Å²) in [7, 11) is 0. The van der Waals surface area contributed by atoms with E-state index in [0.717, 1.165) is 4.88 Å². The van der Waals surface area contributed by atoms with Gasteiger partial charge in [-0.1, -0.05) is 6.07 Å². The van der Waals surface area contributed by atoms with Crippen molar-refractivity contribution in [1.29, 1.82) is 5.26 Å². The number of hydrogen-bond acceptors (Lipinski definition) is 5. The number of carbonyl (C=O) groups excluding carboxylic acids is 2. The predicted octanol–water partition coefficient (Wildman–Crippen LogP) is 1.78. The molecule has 1 aromatic carbocycles. The van der Waals surface area contributed by atoms with Gasteiger partial charge in [0.15, 0.2) is 6.61 Å². The fourth-order valence-electron chi connectivity index (χ4n) is 1.70. The van der Waals surface area contributed by atoms with Crippen LogP contribution in [0.15, 0.2) is 41.8 Å². The lowest BCUT2D eigenvalue weighted by Gasteiger charge is -2.08. The highest BCUT2D eigenvalue weighted by atomic mass is 32.1. The number of ether oxygens (including phenoxy) is 1. The predicted molar refractivity (Wildman–Crippen MR) is 85.6 cm³/mol. The molecule has 2 rings (SSSR count). The third-order valence-electron chi connectivity index (χ3n) is 2.87. The second kappa shape index (κ2) is 8.56. The van der Waals surface area contributed by atoms with Crippen LogP contribution in [0.1, 0.15) is 16.9 Å². The van der Waals surface area contributed by atoms with Gasteiger partial charge in [-0.15, -0.1) is 11.3 Å². The van der Waals surface area contributed by atoms with Crippen LogP contribution in [0.4, 0.5) is 0 Å². The Balaban J connectivity index is 1.64. The molecule has 0 aliphatic rings.